The highest BCUT2D eigenvalue weighted by Crippen LogP contribution is 2.35. The number of carbonyl (C=O) groups excluding carboxylic acids is 1. The number of rotatable bonds is 6. The Morgan fingerprint density at radius 3 is 2.11 bits per heavy atom. The highest BCUT2D eigenvalue weighted by Gasteiger charge is 2.39. The van der Waals surface area contributed by atoms with Crippen LogP contribution in [-0.2, 0) is 11.2 Å². The highest BCUT2D eigenvalue weighted by molar-refractivity contribution is 5.82. The van der Waals surface area contributed by atoms with Gasteiger partial charge in [-0.1, -0.05) is 65.0 Å². The van der Waals surface area contributed by atoms with Crippen molar-refractivity contribution in [3.63, 3.8) is 0 Å². The second kappa shape index (κ2) is 6.74. The molecule has 0 heterocycles. The molecule has 0 saturated carbocycles. The maximum Gasteiger partial charge on any atom is 0.226 e. The molecule has 1 N–H and O–H groups in total. The summed E-state index contributed by atoms with van der Waals surface area (Å²) in [4.78, 5) is 12.4. The molecule has 0 radical (unpaired) electrons. The summed E-state index contributed by atoms with van der Waals surface area (Å²) in [6.07, 6.45) is 0.888. The molecule has 19 heavy (non-hydrogen) atoms. The van der Waals surface area contributed by atoms with Crippen molar-refractivity contribution in [3.8, 4) is 0 Å². The Morgan fingerprint density at radius 2 is 1.63 bits per heavy atom. The van der Waals surface area contributed by atoms with E-state index < -0.39 is 0 Å². The average molecular weight is 261 g/mol. The van der Waals surface area contributed by atoms with E-state index in [1.165, 1.54) is 5.56 Å². The molecule has 0 unspecified atom stereocenters. The van der Waals surface area contributed by atoms with Crippen LogP contribution in [0.25, 0.3) is 0 Å². The van der Waals surface area contributed by atoms with Crippen molar-refractivity contribution >= 4 is 5.91 Å². The Balaban J connectivity index is 2.55. The predicted octanol–water partition coefficient (Wildman–Crippen LogP) is 3.66. The Kier molecular flexibility index (Phi) is 5.59. The Morgan fingerprint density at radius 1 is 1.11 bits per heavy atom. The van der Waals surface area contributed by atoms with Crippen LogP contribution in [0.3, 0.4) is 0 Å². The van der Waals surface area contributed by atoms with Crippen molar-refractivity contribution in [2.45, 2.75) is 41.0 Å². The van der Waals surface area contributed by atoms with Crippen LogP contribution < -0.4 is 5.32 Å². The van der Waals surface area contributed by atoms with Crippen LogP contribution in [0.2, 0.25) is 0 Å². The lowest BCUT2D eigenvalue weighted by atomic mass is 9.70. The fraction of sp³-hybridized carbons (Fsp3) is 0.588. The fourth-order valence-corrected chi connectivity index (χ4v) is 2.35. The van der Waals surface area contributed by atoms with Gasteiger partial charge >= 0.3 is 0 Å². The van der Waals surface area contributed by atoms with Crippen LogP contribution >= 0.6 is 0 Å². The normalized spacial score (nSPS) is 11.9. The van der Waals surface area contributed by atoms with Gasteiger partial charge in [0, 0.05) is 6.54 Å². The number of hydrogen-bond acceptors (Lipinski definition) is 1. The zero-order chi connectivity index (χ0) is 14.5. The first-order chi connectivity index (χ1) is 8.89. The van der Waals surface area contributed by atoms with E-state index in [9.17, 15) is 4.79 Å². The van der Waals surface area contributed by atoms with Gasteiger partial charge in [0.1, 0.15) is 0 Å². The van der Waals surface area contributed by atoms with Crippen molar-refractivity contribution in [2.75, 3.05) is 6.54 Å². The van der Waals surface area contributed by atoms with Crippen LogP contribution in [0.5, 0.6) is 0 Å². The minimum Gasteiger partial charge on any atom is -0.355 e. The van der Waals surface area contributed by atoms with Gasteiger partial charge in [0.25, 0.3) is 0 Å². The van der Waals surface area contributed by atoms with Gasteiger partial charge in [-0.05, 0) is 23.8 Å². The summed E-state index contributed by atoms with van der Waals surface area (Å²) in [7, 11) is 0. The maximum absolute atomic E-state index is 12.4. The first-order valence-electron chi connectivity index (χ1n) is 7.21. The van der Waals surface area contributed by atoms with Gasteiger partial charge in [-0.15, -0.1) is 0 Å². The van der Waals surface area contributed by atoms with E-state index in [0.29, 0.717) is 18.4 Å². The lowest BCUT2D eigenvalue weighted by molar-refractivity contribution is -0.135. The van der Waals surface area contributed by atoms with Gasteiger partial charge in [-0.2, -0.15) is 0 Å². The summed E-state index contributed by atoms with van der Waals surface area (Å²) in [5, 5.41) is 3.10. The molecule has 0 saturated heterocycles. The number of nitrogens with one attached hydrogen (secondary N) is 1. The quantitative estimate of drug-likeness (QED) is 0.832. The fourth-order valence-electron chi connectivity index (χ4n) is 2.35. The van der Waals surface area contributed by atoms with E-state index in [2.05, 4.69) is 52.1 Å². The zero-order valence-corrected chi connectivity index (χ0v) is 12.9. The largest absolute Gasteiger partial charge is 0.355 e. The molecule has 0 fully saturated rings. The van der Waals surface area contributed by atoms with Gasteiger partial charge < -0.3 is 5.32 Å². The molecule has 2 heteroatoms. The number of hydrogen-bond donors (Lipinski definition) is 1. The third kappa shape index (κ3) is 3.82. The monoisotopic (exact) mass is 261 g/mol. The van der Waals surface area contributed by atoms with Crippen molar-refractivity contribution in [3.05, 3.63) is 35.9 Å². The molecule has 0 aliphatic carbocycles. The topological polar surface area (TPSA) is 29.1 Å². The van der Waals surface area contributed by atoms with Crippen molar-refractivity contribution < 1.29 is 4.79 Å². The van der Waals surface area contributed by atoms with Crippen LogP contribution in [0, 0.1) is 17.3 Å². The minimum absolute atomic E-state index is 0.174. The third-order valence-electron chi connectivity index (χ3n) is 4.43. The first kappa shape index (κ1) is 15.7. The molecule has 2 nitrogen and oxygen atoms in total. The van der Waals surface area contributed by atoms with E-state index >= 15 is 0 Å². The lowest BCUT2D eigenvalue weighted by Gasteiger charge is -2.36. The molecule has 1 aromatic carbocycles. The molecule has 0 atom stereocenters. The predicted molar refractivity (Wildman–Crippen MR) is 80.9 cm³/mol. The standard InChI is InChI=1S/C17H27NO/c1-13(2)17(5,14(3)4)16(19)18-12-11-15-9-7-6-8-10-15/h6-10,13-14H,11-12H2,1-5H3,(H,18,19). The third-order valence-corrected chi connectivity index (χ3v) is 4.43. The second-order valence-corrected chi connectivity index (χ2v) is 6.08. The molecule has 1 amide bonds. The molecule has 1 rings (SSSR count). The van der Waals surface area contributed by atoms with Crippen LogP contribution in [0.4, 0.5) is 0 Å². The summed E-state index contributed by atoms with van der Waals surface area (Å²) in [6.45, 7) is 11.3. The van der Waals surface area contributed by atoms with E-state index in [1.807, 2.05) is 18.2 Å². The SMILES string of the molecule is CC(C)C(C)(C(=O)NCCc1ccccc1)C(C)C. The van der Waals surface area contributed by atoms with Crippen molar-refractivity contribution in [1.82, 2.24) is 5.32 Å². The minimum atomic E-state index is -0.295. The number of amides is 1. The summed E-state index contributed by atoms with van der Waals surface area (Å²) >= 11 is 0. The maximum atomic E-state index is 12.4. The summed E-state index contributed by atoms with van der Waals surface area (Å²) in [5.41, 5.74) is 0.968. The van der Waals surface area contributed by atoms with Gasteiger partial charge in [-0.3, -0.25) is 4.79 Å². The summed E-state index contributed by atoms with van der Waals surface area (Å²) in [5.74, 6) is 0.849. The van der Waals surface area contributed by atoms with E-state index in [-0.39, 0.29) is 11.3 Å². The molecular formula is C17H27NO. The molecule has 0 aliphatic rings. The van der Waals surface area contributed by atoms with Crippen LogP contribution in [0.1, 0.15) is 40.2 Å². The molecule has 0 aliphatic heterocycles. The summed E-state index contributed by atoms with van der Waals surface area (Å²) in [6, 6.07) is 10.3. The Labute approximate surface area is 117 Å². The Bertz CT molecular complexity index is 387. The molecular weight excluding hydrogens is 234 g/mol. The van der Waals surface area contributed by atoms with Crippen LogP contribution in [-0.4, -0.2) is 12.5 Å². The van der Waals surface area contributed by atoms with Crippen LogP contribution in [0.15, 0.2) is 30.3 Å². The smallest absolute Gasteiger partial charge is 0.226 e. The van der Waals surface area contributed by atoms with Gasteiger partial charge in [0.05, 0.1) is 5.41 Å². The average Bonchev–Trinajstić information content (AvgIpc) is 2.38. The number of benzene rings is 1. The Hall–Kier alpha value is -1.31. The molecule has 0 aromatic heterocycles. The van der Waals surface area contributed by atoms with Gasteiger partial charge in [0.2, 0.25) is 5.91 Å². The number of carbonyl (C=O) groups is 1. The lowest BCUT2D eigenvalue weighted by Crippen LogP contribution is -2.46. The molecule has 1 aromatic rings. The summed E-state index contributed by atoms with van der Waals surface area (Å²) < 4.78 is 0. The van der Waals surface area contributed by atoms with Crippen molar-refractivity contribution in [2.24, 2.45) is 17.3 Å². The molecule has 106 valence electrons. The van der Waals surface area contributed by atoms with Crippen molar-refractivity contribution in [1.29, 1.82) is 0 Å². The van der Waals surface area contributed by atoms with Gasteiger partial charge in [-0.25, -0.2) is 0 Å². The molecule has 0 spiro atoms. The highest BCUT2D eigenvalue weighted by atomic mass is 16.2. The first-order valence-corrected chi connectivity index (χ1v) is 7.21. The van der Waals surface area contributed by atoms with E-state index in [4.69, 9.17) is 0 Å². The van der Waals surface area contributed by atoms with E-state index in [1.54, 1.807) is 0 Å². The second-order valence-electron chi connectivity index (χ2n) is 6.08. The molecule has 0 bridgehead atoms. The van der Waals surface area contributed by atoms with Gasteiger partial charge in [0.15, 0.2) is 0 Å². The zero-order valence-electron chi connectivity index (χ0n) is 12.9. The van der Waals surface area contributed by atoms with E-state index in [0.717, 1.165) is 6.42 Å².